The van der Waals surface area contributed by atoms with Gasteiger partial charge in [0.25, 0.3) is 0 Å². The van der Waals surface area contributed by atoms with Crippen LogP contribution in [0.4, 0.5) is 17.6 Å². The largest absolute Gasteiger partial charge is 0.388 e. The number of rotatable bonds is 4. The highest BCUT2D eigenvalue weighted by molar-refractivity contribution is 5.34. The Labute approximate surface area is 105 Å². The van der Waals surface area contributed by atoms with Crippen molar-refractivity contribution in [3.05, 3.63) is 42.0 Å². The Kier molecular flexibility index (Phi) is 3.52. The minimum Gasteiger partial charge on any atom is -0.388 e. The lowest BCUT2D eigenvalue weighted by Gasteiger charge is -2.16. The van der Waals surface area contributed by atoms with E-state index in [0.717, 1.165) is 4.57 Å². The SMILES string of the molecule is OCc1nnc(C(F)(F)C(F)F)n1-c1ccccc1. The predicted octanol–water partition coefficient (Wildman–Crippen LogP) is 2.12. The summed E-state index contributed by atoms with van der Waals surface area (Å²) in [4.78, 5) is 0. The van der Waals surface area contributed by atoms with Crippen LogP contribution in [0.5, 0.6) is 0 Å². The molecule has 2 aromatic rings. The monoisotopic (exact) mass is 275 g/mol. The van der Waals surface area contributed by atoms with Crippen LogP contribution in [0.15, 0.2) is 30.3 Å². The van der Waals surface area contributed by atoms with E-state index >= 15 is 0 Å². The average Bonchev–Trinajstić information content (AvgIpc) is 2.83. The Hall–Kier alpha value is -1.96. The molecule has 4 nitrogen and oxygen atoms in total. The molecule has 19 heavy (non-hydrogen) atoms. The van der Waals surface area contributed by atoms with Gasteiger partial charge in [-0.2, -0.15) is 8.78 Å². The van der Waals surface area contributed by atoms with Crippen molar-refractivity contribution >= 4 is 0 Å². The number of para-hydroxylation sites is 1. The third-order valence-electron chi connectivity index (χ3n) is 2.46. The molecule has 0 radical (unpaired) electrons. The highest BCUT2D eigenvalue weighted by atomic mass is 19.3. The van der Waals surface area contributed by atoms with Crippen molar-refractivity contribution in [3.8, 4) is 5.69 Å². The Morgan fingerprint density at radius 3 is 2.32 bits per heavy atom. The van der Waals surface area contributed by atoms with Crippen molar-refractivity contribution in [2.45, 2.75) is 19.0 Å². The Balaban J connectivity index is 2.62. The zero-order valence-corrected chi connectivity index (χ0v) is 9.47. The van der Waals surface area contributed by atoms with Crippen LogP contribution in [-0.2, 0) is 12.5 Å². The Morgan fingerprint density at radius 2 is 1.79 bits per heavy atom. The van der Waals surface area contributed by atoms with Gasteiger partial charge in [0.15, 0.2) is 5.82 Å². The molecule has 102 valence electrons. The molecule has 0 saturated heterocycles. The van der Waals surface area contributed by atoms with Crippen LogP contribution in [0.3, 0.4) is 0 Å². The maximum Gasteiger partial charge on any atom is 0.366 e. The fourth-order valence-corrected chi connectivity index (χ4v) is 1.58. The van der Waals surface area contributed by atoms with Crippen LogP contribution in [0.2, 0.25) is 0 Å². The van der Waals surface area contributed by atoms with Crippen LogP contribution in [0, 0.1) is 0 Å². The lowest BCUT2D eigenvalue weighted by atomic mass is 10.2. The number of benzene rings is 1. The van der Waals surface area contributed by atoms with E-state index in [2.05, 4.69) is 10.2 Å². The molecule has 0 unspecified atom stereocenters. The first-order chi connectivity index (χ1) is 8.98. The second-order valence-electron chi connectivity index (χ2n) is 3.69. The summed E-state index contributed by atoms with van der Waals surface area (Å²) < 4.78 is 52.4. The van der Waals surface area contributed by atoms with Gasteiger partial charge < -0.3 is 5.11 Å². The smallest absolute Gasteiger partial charge is 0.366 e. The van der Waals surface area contributed by atoms with Gasteiger partial charge in [0.2, 0.25) is 5.82 Å². The van der Waals surface area contributed by atoms with E-state index in [0.29, 0.717) is 0 Å². The van der Waals surface area contributed by atoms with Crippen LogP contribution < -0.4 is 0 Å². The summed E-state index contributed by atoms with van der Waals surface area (Å²) in [6, 6.07) is 7.57. The number of alkyl halides is 4. The molecule has 1 aromatic carbocycles. The molecule has 8 heteroatoms. The zero-order valence-electron chi connectivity index (χ0n) is 9.47. The van der Waals surface area contributed by atoms with Crippen LogP contribution in [-0.4, -0.2) is 26.3 Å². The number of nitrogens with zero attached hydrogens (tertiary/aromatic N) is 3. The van der Waals surface area contributed by atoms with Crippen molar-refractivity contribution in [2.75, 3.05) is 0 Å². The quantitative estimate of drug-likeness (QED) is 0.869. The summed E-state index contributed by atoms with van der Waals surface area (Å²) in [6.07, 6.45) is -3.91. The van der Waals surface area contributed by atoms with Crippen LogP contribution >= 0.6 is 0 Å². The summed E-state index contributed by atoms with van der Waals surface area (Å²) in [5.41, 5.74) is 0.173. The highest BCUT2D eigenvalue weighted by Crippen LogP contribution is 2.34. The van der Waals surface area contributed by atoms with Gasteiger partial charge in [-0.05, 0) is 12.1 Å². The van der Waals surface area contributed by atoms with Crippen molar-refractivity contribution in [1.29, 1.82) is 0 Å². The average molecular weight is 275 g/mol. The van der Waals surface area contributed by atoms with Gasteiger partial charge in [0.1, 0.15) is 6.61 Å². The number of aromatic nitrogens is 3. The van der Waals surface area contributed by atoms with Crippen LogP contribution in [0.1, 0.15) is 11.6 Å². The molecular formula is C11H9F4N3O. The van der Waals surface area contributed by atoms with Crippen molar-refractivity contribution in [3.63, 3.8) is 0 Å². The highest BCUT2D eigenvalue weighted by Gasteiger charge is 2.48. The summed E-state index contributed by atoms with van der Waals surface area (Å²) in [5.74, 6) is -5.88. The lowest BCUT2D eigenvalue weighted by Crippen LogP contribution is -2.28. The van der Waals surface area contributed by atoms with Gasteiger partial charge in [-0.15, -0.1) is 10.2 Å². The van der Waals surface area contributed by atoms with E-state index in [9.17, 15) is 17.6 Å². The molecule has 0 aliphatic rings. The summed E-state index contributed by atoms with van der Waals surface area (Å²) in [7, 11) is 0. The van der Waals surface area contributed by atoms with E-state index < -0.39 is 24.8 Å². The minimum atomic E-state index is -4.45. The zero-order chi connectivity index (χ0) is 14.0. The first-order valence-electron chi connectivity index (χ1n) is 5.25. The molecule has 0 amide bonds. The van der Waals surface area contributed by atoms with E-state index in [1.54, 1.807) is 18.2 Å². The van der Waals surface area contributed by atoms with Gasteiger partial charge in [0, 0.05) is 5.69 Å². The molecule has 1 aromatic heterocycles. The number of aliphatic hydroxyl groups excluding tert-OH is 1. The summed E-state index contributed by atoms with van der Waals surface area (Å²) >= 11 is 0. The molecular weight excluding hydrogens is 266 g/mol. The standard InChI is InChI=1S/C11H9F4N3O/c12-9(13)11(14,15)10-17-16-8(6-19)18(10)7-4-2-1-3-5-7/h1-5,9,19H,6H2. The topological polar surface area (TPSA) is 50.9 Å². The molecule has 0 bridgehead atoms. The predicted molar refractivity (Wildman–Crippen MR) is 57.2 cm³/mol. The normalized spacial score (nSPS) is 12.1. The number of halogens is 4. The van der Waals surface area contributed by atoms with Gasteiger partial charge in [-0.1, -0.05) is 18.2 Å². The molecule has 0 atom stereocenters. The van der Waals surface area contributed by atoms with Gasteiger partial charge in [-0.25, -0.2) is 8.78 Å². The second kappa shape index (κ2) is 4.96. The maximum absolute atomic E-state index is 13.4. The Morgan fingerprint density at radius 1 is 1.16 bits per heavy atom. The fraction of sp³-hybridized carbons (Fsp3) is 0.273. The summed E-state index contributed by atoms with van der Waals surface area (Å²) in [5, 5.41) is 15.4. The van der Waals surface area contributed by atoms with Gasteiger partial charge in [-0.3, -0.25) is 4.57 Å². The van der Waals surface area contributed by atoms with E-state index in [-0.39, 0.29) is 11.5 Å². The van der Waals surface area contributed by atoms with Crippen molar-refractivity contribution in [2.24, 2.45) is 0 Å². The molecule has 1 N–H and O–H groups in total. The molecule has 0 spiro atoms. The van der Waals surface area contributed by atoms with Crippen molar-refractivity contribution < 1.29 is 22.7 Å². The lowest BCUT2D eigenvalue weighted by molar-refractivity contribution is -0.142. The van der Waals surface area contributed by atoms with Gasteiger partial charge in [0.05, 0.1) is 0 Å². The van der Waals surface area contributed by atoms with E-state index in [1.807, 2.05) is 0 Å². The van der Waals surface area contributed by atoms with Crippen LogP contribution in [0.25, 0.3) is 5.69 Å². The first-order valence-corrected chi connectivity index (χ1v) is 5.25. The molecule has 1 heterocycles. The number of aliphatic hydroxyl groups is 1. The third kappa shape index (κ3) is 2.30. The molecule has 0 aliphatic carbocycles. The van der Waals surface area contributed by atoms with Crippen molar-refractivity contribution in [1.82, 2.24) is 14.8 Å². The first kappa shape index (κ1) is 13.5. The summed E-state index contributed by atoms with van der Waals surface area (Å²) in [6.45, 7) is -0.693. The second-order valence-corrected chi connectivity index (χ2v) is 3.69. The van der Waals surface area contributed by atoms with Gasteiger partial charge >= 0.3 is 12.3 Å². The molecule has 2 rings (SSSR count). The number of hydrogen-bond donors (Lipinski definition) is 1. The molecule has 0 saturated carbocycles. The Bertz CT molecular complexity index is 556. The molecule has 0 aliphatic heterocycles. The fourth-order valence-electron chi connectivity index (χ4n) is 1.58. The third-order valence-corrected chi connectivity index (χ3v) is 2.46. The minimum absolute atomic E-state index is 0.173. The maximum atomic E-state index is 13.4. The molecule has 0 fully saturated rings. The van der Waals surface area contributed by atoms with E-state index in [1.165, 1.54) is 12.1 Å². The van der Waals surface area contributed by atoms with E-state index in [4.69, 9.17) is 5.11 Å². The number of hydrogen-bond acceptors (Lipinski definition) is 3.